The van der Waals surface area contributed by atoms with Crippen LogP contribution in [0.2, 0.25) is 0 Å². The molecule has 1 aliphatic heterocycles. The number of aromatic hydroxyl groups is 2. The predicted molar refractivity (Wildman–Crippen MR) is 128 cm³/mol. The highest BCUT2D eigenvalue weighted by Crippen LogP contribution is 2.33. The molecule has 1 saturated heterocycles. The molecule has 2 heterocycles. The molecule has 3 aromatic carbocycles. The van der Waals surface area contributed by atoms with Gasteiger partial charge in [-0.1, -0.05) is 36.4 Å². The second-order valence-electron chi connectivity index (χ2n) is 8.45. The highest BCUT2D eigenvalue weighted by Gasteiger charge is 2.19. The predicted octanol–water partition coefficient (Wildman–Crippen LogP) is 3.76. The zero-order valence-electron chi connectivity index (χ0n) is 18.6. The first-order chi connectivity index (χ1) is 16.1. The van der Waals surface area contributed by atoms with Crippen molar-refractivity contribution < 1.29 is 10.2 Å². The van der Waals surface area contributed by atoms with E-state index in [-0.39, 0.29) is 11.5 Å². The molecule has 4 aromatic rings. The Kier molecular flexibility index (Phi) is 5.81. The number of hydrogen-bond donors (Lipinski definition) is 2. The van der Waals surface area contributed by atoms with Crippen LogP contribution in [0, 0.1) is 0 Å². The standard InChI is InChI=1S/C26H27N5O2/c1-29-14-16-30(17-15-29)18-19-10-12-20(13-11-19)31-26(22-7-3-5-9-24(22)33)27-25(28-31)21-6-2-4-8-23(21)32/h2-13,32-33H,14-18H2,1H3. The monoisotopic (exact) mass is 441 g/mol. The van der Waals surface area contributed by atoms with Gasteiger partial charge in [-0.2, -0.15) is 0 Å². The molecule has 1 aromatic heterocycles. The molecule has 1 aliphatic rings. The van der Waals surface area contributed by atoms with Gasteiger partial charge in [0, 0.05) is 32.7 Å². The van der Waals surface area contributed by atoms with Gasteiger partial charge in [0.2, 0.25) is 0 Å². The third-order valence-corrected chi connectivity index (χ3v) is 6.08. The molecule has 0 unspecified atom stereocenters. The van der Waals surface area contributed by atoms with Crippen LogP contribution in [0.3, 0.4) is 0 Å². The maximum atomic E-state index is 10.5. The summed E-state index contributed by atoms with van der Waals surface area (Å²) in [6.07, 6.45) is 0. The molecule has 0 aliphatic carbocycles. The zero-order chi connectivity index (χ0) is 22.8. The van der Waals surface area contributed by atoms with Gasteiger partial charge in [-0.05, 0) is 49.0 Å². The molecule has 0 bridgehead atoms. The van der Waals surface area contributed by atoms with E-state index >= 15 is 0 Å². The van der Waals surface area contributed by atoms with Crippen LogP contribution in [0.1, 0.15) is 5.56 Å². The fraction of sp³-hybridized carbons (Fsp3) is 0.231. The van der Waals surface area contributed by atoms with Crippen molar-refractivity contribution in [3.05, 3.63) is 78.4 Å². The number of para-hydroxylation sites is 2. The lowest BCUT2D eigenvalue weighted by Gasteiger charge is -2.32. The van der Waals surface area contributed by atoms with Gasteiger partial charge < -0.3 is 15.1 Å². The van der Waals surface area contributed by atoms with Crippen molar-refractivity contribution in [1.29, 1.82) is 0 Å². The summed E-state index contributed by atoms with van der Waals surface area (Å²) in [6, 6.07) is 22.3. The van der Waals surface area contributed by atoms with Gasteiger partial charge >= 0.3 is 0 Å². The number of hydrogen-bond acceptors (Lipinski definition) is 6. The second-order valence-corrected chi connectivity index (χ2v) is 8.45. The van der Waals surface area contributed by atoms with Crippen LogP contribution in [0.15, 0.2) is 72.8 Å². The van der Waals surface area contributed by atoms with Gasteiger partial charge in [0.1, 0.15) is 11.5 Å². The van der Waals surface area contributed by atoms with Gasteiger partial charge in [0.15, 0.2) is 11.6 Å². The first-order valence-electron chi connectivity index (χ1n) is 11.1. The first kappa shape index (κ1) is 21.2. The quantitative estimate of drug-likeness (QED) is 0.491. The molecule has 0 spiro atoms. The summed E-state index contributed by atoms with van der Waals surface area (Å²) < 4.78 is 1.72. The molecular weight excluding hydrogens is 414 g/mol. The number of aromatic nitrogens is 3. The largest absolute Gasteiger partial charge is 0.507 e. The number of phenolic OH excluding ortho intramolecular Hbond substituents is 2. The number of phenols is 2. The molecule has 1 fully saturated rings. The van der Waals surface area contributed by atoms with Gasteiger partial charge in [-0.3, -0.25) is 4.90 Å². The maximum absolute atomic E-state index is 10.5. The summed E-state index contributed by atoms with van der Waals surface area (Å²) in [6.45, 7) is 5.25. The lowest BCUT2D eigenvalue weighted by Crippen LogP contribution is -2.43. The highest BCUT2D eigenvalue weighted by molar-refractivity contribution is 5.70. The summed E-state index contributed by atoms with van der Waals surface area (Å²) in [5.74, 6) is 1.15. The summed E-state index contributed by atoms with van der Waals surface area (Å²) in [5, 5.41) is 25.5. The summed E-state index contributed by atoms with van der Waals surface area (Å²) in [4.78, 5) is 9.51. The van der Waals surface area contributed by atoms with Crippen LogP contribution in [0.5, 0.6) is 11.5 Å². The summed E-state index contributed by atoms with van der Waals surface area (Å²) >= 11 is 0. The van der Waals surface area contributed by atoms with Gasteiger partial charge in [0.25, 0.3) is 0 Å². The van der Waals surface area contributed by atoms with E-state index in [2.05, 4.69) is 29.0 Å². The minimum Gasteiger partial charge on any atom is -0.507 e. The fourth-order valence-corrected chi connectivity index (χ4v) is 4.11. The lowest BCUT2D eigenvalue weighted by atomic mass is 10.1. The van der Waals surface area contributed by atoms with E-state index in [1.54, 1.807) is 35.0 Å². The van der Waals surface area contributed by atoms with E-state index in [1.807, 2.05) is 30.3 Å². The molecule has 33 heavy (non-hydrogen) atoms. The average Bonchev–Trinajstić information content (AvgIpc) is 3.26. The molecule has 7 heteroatoms. The summed E-state index contributed by atoms with van der Waals surface area (Å²) in [7, 11) is 2.16. The molecular formula is C26H27N5O2. The Bertz CT molecular complexity index is 1240. The van der Waals surface area contributed by atoms with E-state index in [4.69, 9.17) is 10.1 Å². The Balaban J connectivity index is 1.50. The van der Waals surface area contributed by atoms with Crippen LogP contribution < -0.4 is 0 Å². The van der Waals surface area contributed by atoms with Crippen molar-refractivity contribution in [2.45, 2.75) is 6.54 Å². The van der Waals surface area contributed by atoms with Crippen LogP contribution in [0.25, 0.3) is 28.5 Å². The molecule has 0 atom stereocenters. The molecule has 0 radical (unpaired) electrons. The zero-order valence-corrected chi connectivity index (χ0v) is 18.6. The van der Waals surface area contributed by atoms with Gasteiger partial charge in [0.05, 0.1) is 16.8 Å². The molecule has 2 N–H and O–H groups in total. The normalized spacial score (nSPS) is 15.1. The Morgan fingerprint density at radius 3 is 2.00 bits per heavy atom. The molecule has 7 nitrogen and oxygen atoms in total. The van der Waals surface area contributed by atoms with Crippen molar-refractivity contribution in [2.75, 3.05) is 33.2 Å². The van der Waals surface area contributed by atoms with E-state index in [0.29, 0.717) is 22.8 Å². The maximum Gasteiger partial charge on any atom is 0.185 e. The number of nitrogens with zero attached hydrogens (tertiary/aromatic N) is 5. The van der Waals surface area contributed by atoms with Crippen molar-refractivity contribution in [2.24, 2.45) is 0 Å². The van der Waals surface area contributed by atoms with Crippen molar-refractivity contribution in [3.63, 3.8) is 0 Å². The topological polar surface area (TPSA) is 77.7 Å². The van der Waals surface area contributed by atoms with Crippen LogP contribution in [-0.2, 0) is 6.54 Å². The lowest BCUT2D eigenvalue weighted by molar-refractivity contribution is 0.148. The minimum atomic E-state index is 0.112. The average molecular weight is 442 g/mol. The van der Waals surface area contributed by atoms with Gasteiger partial charge in [-0.15, -0.1) is 5.10 Å². The Morgan fingerprint density at radius 2 is 1.36 bits per heavy atom. The Morgan fingerprint density at radius 1 is 0.758 bits per heavy atom. The van der Waals surface area contributed by atoms with Crippen LogP contribution >= 0.6 is 0 Å². The van der Waals surface area contributed by atoms with E-state index in [1.165, 1.54) is 5.56 Å². The second kappa shape index (κ2) is 9.05. The molecule has 0 amide bonds. The molecule has 5 rings (SSSR count). The van der Waals surface area contributed by atoms with Crippen molar-refractivity contribution in [1.82, 2.24) is 24.6 Å². The molecule has 0 saturated carbocycles. The van der Waals surface area contributed by atoms with E-state index in [0.717, 1.165) is 38.4 Å². The van der Waals surface area contributed by atoms with Crippen LogP contribution in [-0.4, -0.2) is 68.0 Å². The minimum absolute atomic E-state index is 0.112. The first-order valence-corrected chi connectivity index (χ1v) is 11.1. The Labute approximate surface area is 193 Å². The number of benzene rings is 3. The third-order valence-electron chi connectivity index (χ3n) is 6.08. The van der Waals surface area contributed by atoms with Crippen molar-refractivity contribution >= 4 is 0 Å². The summed E-state index contributed by atoms with van der Waals surface area (Å²) in [5.41, 5.74) is 3.20. The van der Waals surface area contributed by atoms with Crippen LogP contribution in [0.4, 0.5) is 0 Å². The number of piperazine rings is 1. The van der Waals surface area contributed by atoms with Gasteiger partial charge in [-0.25, -0.2) is 9.67 Å². The fourth-order valence-electron chi connectivity index (χ4n) is 4.11. The number of likely N-dealkylation sites (N-methyl/N-ethyl adjacent to an activating group) is 1. The van der Waals surface area contributed by atoms with Crippen molar-refractivity contribution in [3.8, 4) is 40.0 Å². The third kappa shape index (κ3) is 4.46. The van der Waals surface area contributed by atoms with E-state index < -0.39 is 0 Å². The SMILES string of the molecule is CN1CCN(Cc2ccc(-n3nc(-c4ccccc4O)nc3-c3ccccc3O)cc2)CC1. The molecule has 168 valence electrons. The highest BCUT2D eigenvalue weighted by atomic mass is 16.3. The van der Waals surface area contributed by atoms with E-state index in [9.17, 15) is 10.2 Å². The Hall–Kier alpha value is -3.68. The number of rotatable bonds is 5. The smallest absolute Gasteiger partial charge is 0.185 e.